The van der Waals surface area contributed by atoms with Crippen LogP contribution in [0.4, 0.5) is 5.69 Å². The van der Waals surface area contributed by atoms with Crippen molar-refractivity contribution in [3.8, 4) is 0 Å². The number of aliphatic carboxylic acids is 1. The Morgan fingerprint density at radius 3 is 2.25 bits per heavy atom. The Morgan fingerprint density at radius 1 is 1.12 bits per heavy atom. The normalized spacial score (nSPS) is 11.3. The molecule has 0 aromatic heterocycles. The van der Waals surface area contributed by atoms with Crippen LogP contribution in [0.3, 0.4) is 0 Å². The van der Waals surface area contributed by atoms with Crippen LogP contribution in [-0.4, -0.2) is 26.0 Å². The fourth-order valence-electron chi connectivity index (χ4n) is 2.66. The molecule has 1 N–H and O–H groups in total. The Hall–Kier alpha value is -2.05. The predicted octanol–water partition coefficient (Wildman–Crippen LogP) is 3.55. The molecule has 7 heteroatoms. The number of aryl methyl sites for hydroxylation is 2. The van der Waals surface area contributed by atoms with E-state index in [1.165, 1.54) is 12.1 Å². The lowest BCUT2D eigenvalue weighted by Crippen LogP contribution is -2.36. The zero-order valence-electron chi connectivity index (χ0n) is 13.6. The number of anilines is 1. The van der Waals surface area contributed by atoms with E-state index in [1.54, 1.807) is 38.1 Å². The number of carbonyl (C=O) groups is 1. The Labute approximate surface area is 146 Å². The molecule has 0 radical (unpaired) electrons. The van der Waals surface area contributed by atoms with Crippen LogP contribution in [-0.2, 0) is 14.8 Å². The second-order valence-corrected chi connectivity index (χ2v) is 7.76. The van der Waals surface area contributed by atoms with Crippen molar-refractivity contribution in [1.82, 2.24) is 0 Å². The lowest BCUT2D eigenvalue weighted by molar-refractivity contribution is -0.135. The van der Waals surface area contributed by atoms with Crippen molar-refractivity contribution >= 4 is 33.3 Å². The Bertz CT molecular complexity index is 879. The van der Waals surface area contributed by atoms with Gasteiger partial charge in [0.15, 0.2) is 0 Å². The summed E-state index contributed by atoms with van der Waals surface area (Å²) in [5.41, 5.74) is 2.30. The molecule has 128 valence electrons. The maximum atomic E-state index is 13.0. The van der Waals surface area contributed by atoms with Crippen molar-refractivity contribution in [2.24, 2.45) is 0 Å². The van der Waals surface area contributed by atoms with E-state index in [4.69, 9.17) is 11.6 Å². The molecular weight excluding hydrogens is 350 g/mol. The van der Waals surface area contributed by atoms with E-state index in [-0.39, 0.29) is 4.90 Å². The van der Waals surface area contributed by atoms with E-state index in [2.05, 4.69) is 0 Å². The Kier molecular flexibility index (Phi) is 5.20. The first kappa shape index (κ1) is 18.3. The van der Waals surface area contributed by atoms with Gasteiger partial charge in [-0.2, -0.15) is 0 Å². The van der Waals surface area contributed by atoms with Crippen molar-refractivity contribution in [3.63, 3.8) is 0 Å². The monoisotopic (exact) mass is 367 g/mol. The van der Waals surface area contributed by atoms with E-state index in [9.17, 15) is 18.3 Å². The third kappa shape index (κ3) is 3.39. The predicted molar refractivity (Wildman–Crippen MR) is 94.3 cm³/mol. The summed E-state index contributed by atoms with van der Waals surface area (Å²) in [5, 5.41) is 9.65. The molecule has 0 atom stereocenters. The zero-order valence-corrected chi connectivity index (χ0v) is 15.1. The molecule has 0 saturated carbocycles. The lowest BCUT2D eigenvalue weighted by atomic mass is 10.0. The number of hydrogen-bond acceptors (Lipinski definition) is 3. The number of carboxylic acid groups (broad SMARTS) is 1. The Morgan fingerprint density at radius 2 is 1.71 bits per heavy atom. The molecule has 0 bridgehead atoms. The van der Waals surface area contributed by atoms with Gasteiger partial charge >= 0.3 is 5.97 Å². The molecule has 0 unspecified atom stereocenters. The number of hydrogen-bond donors (Lipinski definition) is 1. The molecule has 2 aromatic carbocycles. The first-order chi connectivity index (χ1) is 11.2. The van der Waals surface area contributed by atoms with E-state index < -0.39 is 22.5 Å². The van der Waals surface area contributed by atoms with Crippen molar-refractivity contribution < 1.29 is 18.3 Å². The molecule has 0 fully saturated rings. The minimum atomic E-state index is -4.03. The highest BCUT2D eigenvalue weighted by Crippen LogP contribution is 2.35. The summed E-state index contributed by atoms with van der Waals surface area (Å²) in [6.45, 7) is 4.56. The molecule has 2 rings (SSSR count). The number of benzene rings is 2. The summed E-state index contributed by atoms with van der Waals surface area (Å²) in [6.07, 6.45) is 0. The molecule has 0 aliphatic rings. The van der Waals surface area contributed by atoms with Gasteiger partial charge in [-0.3, -0.25) is 9.10 Å². The molecule has 0 aliphatic heterocycles. The summed E-state index contributed by atoms with van der Waals surface area (Å²) in [5.74, 6) is -1.25. The third-order valence-electron chi connectivity index (χ3n) is 3.70. The van der Waals surface area contributed by atoms with Crippen molar-refractivity contribution in [3.05, 3.63) is 58.1 Å². The standard InChI is InChI=1S/C17H18ClNO4S/c1-11-9-12(2)17(13(3)16(11)18)19(10-15(20)21)24(22,23)14-7-5-4-6-8-14/h4-9H,10H2,1-3H3,(H,20,21). The zero-order chi connectivity index (χ0) is 18.1. The minimum Gasteiger partial charge on any atom is -0.480 e. The van der Waals surface area contributed by atoms with Gasteiger partial charge in [0.25, 0.3) is 10.0 Å². The molecule has 0 amide bonds. The number of rotatable bonds is 5. The van der Waals surface area contributed by atoms with Crippen LogP contribution in [0.1, 0.15) is 16.7 Å². The van der Waals surface area contributed by atoms with Crippen LogP contribution >= 0.6 is 11.6 Å². The summed E-state index contributed by atoms with van der Waals surface area (Å²) in [7, 11) is -4.03. The first-order valence-corrected chi connectivity index (χ1v) is 9.04. The molecule has 24 heavy (non-hydrogen) atoms. The number of nitrogens with zero attached hydrogens (tertiary/aromatic N) is 1. The van der Waals surface area contributed by atoms with Crippen molar-refractivity contribution in [1.29, 1.82) is 0 Å². The van der Waals surface area contributed by atoms with Gasteiger partial charge in [-0.25, -0.2) is 8.42 Å². The molecular formula is C17H18ClNO4S. The van der Waals surface area contributed by atoms with Crippen LogP contribution in [0.2, 0.25) is 5.02 Å². The van der Waals surface area contributed by atoms with E-state index >= 15 is 0 Å². The van der Waals surface area contributed by atoms with Gasteiger partial charge in [-0.1, -0.05) is 35.9 Å². The summed E-state index contributed by atoms with van der Waals surface area (Å²) in [4.78, 5) is 11.3. The summed E-state index contributed by atoms with van der Waals surface area (Å²) in [6, 6.07) is 9.50. The highest BCUT2D eigenvalue weighted by Gasteiger charge is 2.30. The van der Waals surface area contributed by atoms with Crippen LogP contribution in [0.5, 0.6) is 0 Å². The van der Waals surface area contributed by atoms with Gasteiger partial charge < -0.3 is 5.11 Å². The Balaban J connectivity index is 2.72. The third-order valence-corrected chi connectivity index (χ3v) is 6.04. The topological polar surface area (TPSA) is 74.7 Å². The summed E-state index contributed by atoms with van der Waals surface area (Å²) >= 11 is 6.26. The molecule has 2 aromatic rings. The maximum Gasteiger partial charge on any atom is 0.324 e. The van der Waals surface area contributed by atoms with Crippen LogP contribution in [0, 0.1) is 20.8 Å². The van der Waals surface area contributed by atoms with E-state index in [0.717, 1.165) is 9.87 Å². The number of sulfonamides is 1. The van der Waals surface area contributed by atoms with Gasteiger partial charge in [0.1, 0.15) is 6.54 Å². The molecule has 0 heterocycles. The highest BCUT2D eigenvalue weighted by molar-refractivity contribution is 7.92. The van der Waals surface area contributed by atoms with Crippen LogP contribution in [0.15, 0.2) is 41.3 Å². The smallest absolute Gasteiger partial charge is 0.324 e. The average Bonchev–Trinajstić information content (AvgIpc) is 2.52. The quantitative estimate of drug-likeness (QED) is 0.876. The van der Waals surface area contributed by atoms with E-state index in [0.29, 0.717) is 21.8 Å². The second kappa shape index (κ2) is 6.83. The number of carboxylic acids is 1. The largest absolute Gasteiger partial charge is 0.480 e. The fraction of sp³-hybridized carbons (Fsp3) is 0.235. The molecule has 0 spiro atoms. The maximum absolute atomic E-state index is 13.0. The number of halogens is 1. The van der Waals surface area contributed by atoms with Gasteiger partial charge in [0.05, 0.1) is 10.6 Å². The van der Waals surface area contributed by atoms with Crippen molar-refractivity contribution in [2.75, 3.05) is 10.8 Å². The van der Waals surface area contributed by atoms with Crippen molar-refractivity contribution in [2.45, 2.75) is 25.7 Å². The van der Waals surface area contributed by atoms with Gasteiger partial charge in [0, 0.05) is 5.02 Å². The van der Waals surface area contributed by atoms with Gasteiger partial charge in [-0.05, 0) is 49.6 Å². The first-order valence-electron chi connectivity index (χ1n) is 7.22. The second-order valence-electron chi connectivity index (χ2n) is 5.52. The van der Waals surface area contributed by atoms with Gasteiger partial charge in [-0.15, -0.1) is 0 Å². The molecule has 5 nitrogen and oxygen atoms in total. The van der Waals surface area contributed by atoms with Crippen LogP contribution in [0.25, 0.3) is 0 Å². The lowest BCUT2D eigenvalue weighted by Gasteiger charge is -2.27. The van der Waals surface area contributed by atoms with E-state index in [1.807, 2.05) is 6.92 Å². The summed E-state index contributed by atoms with van der Waals surface area (Å²) < 4.78 is 26.9. The highest BCUT2D eigenvalue weighted by atomic mass is 35.5. The SMILES string of the molecule is Cc1cc(C)c(N(CC(=O)O)S(=O)(=O)c2ccccc2)c(C)c1Cl. The average molecular weight is 368 g/mol. The molecule has 0 aliphatic carbocycles. The molecule has 0 saturated heterocycles. The fourth-order valence-corrected chi connectivity index (χ4v) is 4.36. The van der Waals surface area contributed by atoms with Gasteiger partial charge in [0.2, 0.25) is 0 Å². The minimum absolute atomic E-state index is 0.0294. The van der Waals surface area contributed by atoms with Crippen LogP contribution < -0.4 is 4.31 Å².